The number of amides is 1. The number of nitrogens with two attached hydrogens (primary N) is 1. The van der Waals surface area contributed by atoms with Crippen molar-refractivity contribution in [1.29, 1.82) is 0 Å². The number of nitrogens with one attached hydrogen (secondary N) is 2. The minimum absolute atomic E-state index is 0.00593. The third-order valence-corrected chi connectivity index (χ3v) is 3.54. The molecule has 0 aliphatic carbocycles. The summed E-state index contributed by atoms with van der Waals surface area (Å²) in [6, 6.07) is 13.1. The van der Waals surface area contributed by atoms with Gasteiger partial charge >= 0.3 is 0 Å². The number of hydrogen-bond donors (Lipinski definition) is 3. The van der Waals surface area contributed by atoms with Crippen LogP contribution in [0.3, 0.4) is 0 Å². The lowest BCUT2D eigenvalue weighted by molar-refractivity contribution is 0.0964. The zero-order valence-corrected chi connectivity index (χ0v) is 11.7. The summed E-state index contributed by atoms with van der Waals surface area (Å²) >= 11 is 0. The lowest BCUT2D eigenvalue weighted by Crippen LogP contribution is -2.21. The summed E-state index contributed by atoms with van der Waals surface area (Å²) in [7, 11) is 1.61. The van der Waals surface area contributed by atoms with Crippen LogP contribution in [0.2, 0.25) is 0 Å². The van der Waals surface area contributed by atoms with Crippen molar-refractivity contribution in [2.24, 2.45) is 0 Å². The number of para-hydroxylation sites is 1. The largest absolute Gasteiger partial charge is 0.491 e. The van der Waals surface area contributed by atoms with E-state index < -0.39 is 0 Å². The van der Waals surface area contributed by atoms with Gasteiger partial charge in [0.05, 0.1) is 11.6 Å². The SMILES string of the molecule is CNC(=O)c1ccc(N)cc1NC1COc2ccccc21. The lowest BCUT2D eigenvalue weighted by Gasteiger charge is -2.16. The number of hydrogen-bond acceptors (Lipinski definition) is 4. The Hall–Kier alpha value is -2.69. The molecule has 0 aromatic heterocycles. The van der Waals surface area contributed by atoms with Crippen LogP contribution in [0, 0.1) is 0 Å². The standard InChI is InChI=1S/C16H17N3O2/c1-18-16(20)12-7-6-10(17)8-13(12)19-14-9-21-15-5-3-2-4-11(14)15/h2-8,14,19H,9,17H2,1H3,(H,18,20). The average molecular weight is 283 g/mol. The number of nitrogen functional groups attached to an aromatic ring is 1. The molecule has 1 atom stereocenters. The summed E-state index contributed by atoms with van der Waals surface area (Å²) in [6.07, 6.45) is 0. The number of fused-ring (bicyclic) bond motifs is 1. The van der Waals surface area contributed by atoms with Gasteiger partial charge in [0, 0.05) is 24.0 Å². The molecule has 0 spiro atoms. The molecule has 0 saturated carbocycles. The van der Waals surface area contributed by atoms with Gasteiger partial charge in [-0.3, -0.25) is 4.79 Å². The molecule has 5 nitrogen and oxygen atoms in total. The third-order valence-electron chi connectivity index (χ3n) is 3.54. The van der Waals surface area contributed by atoms with Crippen LogP contribution in [0.4, 0.5) is 11.4 Å². The second kappa shape index (κ2) is 5.36. The van der Waals surface area contributed by atoms with Gasteiger partial charge in [-0.15, -0.1) is 0 Å². The highest BCUT2D eigenvalue weighted by Crippen LogP contribution is 2.35. The Bertz CT molecular complexity index is 685. The summed E-state index contributed by atoms with van der Waals surface area (Å²) in [6.45, 7) is 0.529. The summed E-state index contributed by atoms with van der Waals surface area (Å²) in [4.78, 5) is 11.9. The molecule has 1 amide bonds. The Kier molecular flexibility index (Phi) is 3.39. The summed E-state index contributed by atoms with van der Waals surface area (Å²) in [5.74, 6) is 0.727. The Morgan fingerprint density at radius 2 is 2.10 bits per heavy atom. The van der Waals surface area contributed by atoms with Crippen molar-refractivity contribution in [3.8, 4) is 5.75 Å². The molecule has 0 radical (unpaired) electrons. The van der Waals surface area contributed by atoms with Gasteiger partial charge in [-0.05, 0) is 24.3 Å². The topological polar surface area (TPSA) is 76.4 Å². The summed E-state index contributed by atoms with van der Waals surface area (Å²) in [5.41, 5.74) is 8.80. The van der Waals surface area contributed by atoms with E-state index in [1.807, 2.05) is 24.3 Å². The van der Waals surface area contributed by atoms with Crippen molar-refractivity contribution < 1.29 is 9.53 Å². The van der Waals surface area contributed by atoms with Crippen molar-refractivity contribution in [1.82, 2.24) is 5.32 Å². The van der Waals surface area contributed by atoms with Crippen molar-refractivity contribution in [2.45, 2.75) is 6.04 Å². The van der Waals surface area contributed by atoms with Gasteiger partial charge in [0.1, 0.15) is 12.4 Å². The number of carbonyl (C=O) groups excluding carboxylic acids is 1. The maximum atomic E-state index is 11.9. The predicted octanol–water partition coefficient (Wildman–Crippen LogP) is 2.17. The molecule has 1 heterocycles. The van der Waals surface area contributed by atoms with E-state index in [-0.39, 0.29) is 11.9 Å². The molecule has 4 N–H and O–H groups in total. The van der Waals surface area contributed by atoms with E-state index in [1.54, 1.807) is 25.2 Å². The fourth-order valence-corrected chi connectivity index (χ4v) is 2.48. The van der Waals surface area contributed by atoms with Crippen LogP contribution in [0.25, 0.3) is 0 Å². The van der Waals surface area contributed by atoms with E-state index in [4.69, 9.17) is 10.5 Å². The first kappa shape index (κ1) is 13.3. The summed E-state index contributed by atoms with van der Waals surface area (Å²) in [5, 5.41) is 5.99. The maximum absolute atomic E-state index is 11.9. The highest BCUT2D eigenvalue weighted by atomic mass is 16.5. The molecule has 3 rings (SSSR count). The Balaban J connectivity index is 1.92. The van der Waals surface area contributed by atoms with Crippen LogP contribution >= 0.6 is 0 Å². The lowest BCUT2D eigenvalue weighted by atomic mass is 10.1. The third kappa shape index (κ3) is 2.50. The Labute approximate surface area is 123 Å². The maximum Gasteiger partial charge on any atom is 0.253 e. The summed E-state index contributed by atoms with van der Waals surface area (Å²) < 4.78 is 5.65. The molecule has 1 unspecified atom stereocenters. The first-order valence-corrected chi connectivity index (χ1v) is 6.79. The van der Waals surface area contributed by atoms with E-state index in [0.717, 1.165) is 11.3 Å². The first-order valence-electron chi connectivity index (χ1n) is 6.79. The van der Waals surface area contributed by atoms with Crippen LogP contribution < -0.4 is 21.1 Å². The first-order chi connectivity index (χ1) is 10.2. The molecule has 0 saturated heterocycles. The van der Waals surface area contributed by atoms with Gasteiger partial charge in [-0.2, -0.15) is 0 Å². The van der Waals surface area contributed by atoms with E-state index in [0.29, 0.717) is 23.5 Å². The van der Waals surface area contributed by atoms with Crippen LogP contribution in [0.15, 0.2) is 42.5 Å². The molecule has 108 valence electrons. The van der Waals surface area contributed by atoms with Gasteiger partial charge in [0.25, 0.3) is 5.91 Å². The number of anilines is 2. The van der Waals surface area contributed by atoms with Gasteiger partial charge in [-0.25, -0.2) is 0 Å². The predicted molar refractivity (Wildman–Crippen MR) is 82.5 cm³/mol. The van der Waals surface area contributed by atoms with E-state index in [1.165, 1.54) is 0 Å². The van der Waals surface area contributed by atoms with Gasteiger partial charge in [0.2, 0.25) is 0 Å². The second-order valence-corrected chi connectivity index (χ2v) is 4.93. The van der Waals surface area contributed by atoms with Crippen LogP contribution in [0.1, 0.15) is 22.0 Å². The zero-order chi connectivity index (χ0) is 14.8. The highest BCUT2D eigenvalue weighted by Gasteiger charge is 2.24. The second-order valence-electron chi connectivity index (χ2n) is 4.93. The molecular weight excluding hydrogens is 266 g/mol. The molecule has 1 aliphatic heterocycles. The van der Waals surface area contributed by atoms with Crippen molar-refractivity contribution >= 4 is 17.3 Å². The van der Waals surface area contributed by atoms with E-state index in [9.17, 15) is 4.79 Å². The molecule has 0 fully saturated rings. The van der Waals surface area contributed by atoms with Crippen LogP contribution in [-0.2, 0) is 0 Å². The normalized spacial score (nSPS) is 16.0. The van der Waals surface area contributed by atoms with Crippen molar-refractivity contribution in [3.63, 3.8) is 0 Å². The highest BCUT2D eigenvalue weighted by molar-refractivity contribution is 6.00. The number of ether oxygens (including phenoxy) is 1. The zero-order valence-electron chi connectivity index (χ0n) is 11.7. The van der Waals surface area contributed by atoms with Crippen LogP contribution in [0.5, 0.6) is 5.75 Å². The van der Waals surface area contributed by atoms with Crippen LogP contribution in [-0.4, -0.2) is 19.6 Å². The fourth-order valence-electron chi connectivity index (χ4n) is 2.48. The van der Waals surface area contributed by atoms with E-state index in [2.05, 4.69) is 10.6 Å². The average Bonchev–Trinajstić information content (AvgIpc) is 2.90. The van der Waals surface area contributed by atoms with Crippen molar-refractivity contribution in [3.05, 3.63) is 53.6 Å². The molecule has 0 bridgehead atoms. The Morgan fingerprint density at radius 3 is 2.90 bits per heavy atom. The molecule has 5 heteroatoms. The van der Waals surface area contributed by atoms with Gasteiger partial charge in [0.15, 0.2) is 0 Å². The Morgan fingerprint density at radius 1 is 1.29 bits per heavy atom. The molecule has 2 aromatic carbocycles. The fraction of sp³-hybridized carbons (Fsp3) is 0.188. The number of benzene rings is 2. The number of rotatable bonds is 3. The molecular formula is C16H17N3O2. The van der Waals surface area contributed by atoms with Crippen molar-refractivity contribution in [2.75, 3.05) is 24.7 Å². The van der Waals surface area contributed by atoms with E-state index >= 15 is 0 Å². The minimum atomic E-state index is -0.148. The quantitative estimate of drug-likeness (QED) is 0.755. The smallest absolute Gasteiger partial charge is 0.253 e. The molecule has 2 aromatic rings. The molecule has 1 aliphatic rings. The number of carbonyl (C=O) groups is 1. The van der Waals surface area contributed by atoms with Gasteiger partial charge in [-0.1, -0.05) is 18.2 Å². The monoisotopic (exact) mass is 283 g/mol. The van der Waals surface area contributed by atoms with Gasteiger partial charge < -0.3 is 21.1 Å². The minimum Gasteiger partial charge on any atom is -0.491 e. The molecule has 21 heavy (non-hydrogen) atoms.